The van der Waals surface area contributed by atoms with E-state index in [0.717, 1.165) is 0 Å². The molecular formula is C10H10FNO2. The van der Waals surface area contributed by atoms with Gasteiger partial charge in [-0.1, -0.05) is 6.08 Å². The molecule has 0 heterocycles. The van der Waals surface area contributed by atoms with E-state index in [1.54, 1.807) is 0 Å². The minimum Gasteiger partial charge on any atom is -0.258 e. The van der Waals surface area contributed by atoms with Crippen LogP contribution in [0.4, 0.5) is 10.1 Å². The number of nitro groups is 1. The minimum absolute atomic E-state index is 0.0525. The molecular weight excluding hydrogens is 185 g/mol. The molecule has 0 fully saturated rings. The fraction of sp³-hybridized carbons (Fsp3) is 0.200. The van der Waals surface area contributed by atoms with Gasteiger partial charge in [0, 0.05) is 11.6 Å². The highest BCUT2D eigenvalue weighted by atomic mass is 19.1. The summed E-state index contributed by atoms with van der Waals surface area (Å²) in [5, 5.41) is 10.5. The maximum Gasteiger partial charge on any atom is 0.272 e. The minimum atomic E-state index is -0.513. The Morgan fingerprint density at radius 2 is 2.29 bits per heavy atom. The Morgan fingerprint density at radius 3 is 2.79 bits per heavy atom. The third kappa shape index (κ3) is 1.96. The molecule has 0 aliphatic heterocycles. The quantitative estimate of drug-likeness (QED) is 0.423. The van der Waals surface area contributed by atoms with E-state index in [9.17, 15) is 14.5 Å². The number of aryl methyl sites for hydroxylation is 1. The van der Waals surface area contributed by atoms with E-state index in [-0.39, 0.29) is 5.69 Å². The Hall–Kier alpha value is -1.71. The molecule has 0 amide bonds. The normalized spacial score (nSPS) is 9.86. The number of nitrogens with zero attached hydrogens (tertiary/aromatic N) is 1. The molecule has 1 aromatic carbocycles. The molecule has 0 spiro atoms. The van der Waals surface area contributed by atoms with Gasteiger partial charge in [0.2, 0.25) is 0 Å². The fourth-order valence-corrected chi connectivity index (χ4v) is 1.21. The van der Waals surface area contributed by atoms with Crippen LogP contribution in [-0.4, -0.2) is 4.92 Å². The van der Waals surface area contributed by atoms with Crippen molar-refractivity contribution in [3.63, 3.8) is 0 Å². The van der Waals surface area contributed by atoms with Crippen molar-refractivity contribution in [2.45, 2.75) is 13.3 Å². The molecule has 0 atom stereocenters. The van der Waals surface area contributed by atoms with Crippen LogP contribution in [0.2, 0.25) is 0 Å². The van der Waals surface area contributed by atoms with Crippen molar-refractivity contribution in [1.29, 1.82) is 0 Å². The number of benzene rings is 1. The lowest BCUT2D eigenvalue weighted by molar-refractivity contribution is -0.385. The van der Waals surface area contributed by atoms with Crippen molar-refractivity contribution in [3.8, 4) is 0 Å². The molecule has 0 aliphatic carbocycles. The van der Waals surface area contributed by atoms with Crippen LogP contribution in [0.3, 0.4) is 0 Å². The predicted molar refractivity (Wildman–Crippen MR) is 51.7 cm³/mol. The SMILES string of the molecule is C=CCc1cc([N+](=O)[O-])c(C)cc1F. The topological polar surface area (TPSA) is 43.1 Å². The summed E-state index contributed by atoms with van der Waals surface area (Å²) in [6.45, 7) is 4.97. The van der Waals surface area contributed by atoms with Crippen LogP contribution in [0.5, 0.6) is 0 Å². The highest BCUT2D eigenvalue weighted by Crippen LogP contribution is 2.22. The van der Waals surface area contributed by atoms with E-state index >= 15 is 0 Å². The predicted octanol–water partition coefficient (Wildman–Crippen LogP) is 2.77. The Morgan fingerprint density at radius 1 is 1.64 bits per heavy atom. The molecule has 14 heavy (non-hydrogen) atoms. The number of hydrogen-bond donors (Lipinski definition) is 0. The summed E-state index contributed by atoms with van der Waals surface area (Å²) in [4.78, 5) is 10.0. The van der Waals surface area contributed by atoms with E-state index in [4.69, 9.17) is 0 Å². The van der Waals surface area contributed by atoms with Crippen molar-refractivity contribution in [3.05, 3.63) is 51.8 Å². The molecule has 0 bridgehead atoms. The van der Waals surface area contributed by atoms with Crippen LogP contribution in [0.25, 0.3) is 0 Å². The van der Waals surface area contributed by atoms with Crippen molar-refractivity contribution >= 4 is 5.69 Å². The zero-order valence-corrected chi connectivity index (χ0v) is 7.79. The Bertz CT molecular complexity index is 388. The summed E-state index contributed by atoms with van der Waals surface area (Å²) in [5.74, 6) is -0.423. The first-order valence-electron chi connectivity index (χ1n) is 4.10. The molecule has 0 radical (unpaired) electrons. The standard InChI is InChI=1S/C10H10FNO2/c1-3-4-8-6-10(12(13)14)7(2)5-9(8)11/h3,5-6H,1,4H2,2H3. The monoisotopic (exact) mass is 195 g/mol. The van der Waals surface area contributed by atoms with Gasteiger partial charge < -0.3 is 0 Å². The third-order valence-corrected chi connectivity index (χ3v) is 1.93. The summed E-state index contributed by atoms with van der Waals surface area (Å²) in [6, 6.07) is 2.43. The molecule has 0 saturated carbocycles. The van der Waals surface area contributed by atoms with Gasteiger partial charge in [0.05, 0.1) is 4.92 Å². The zero-order valence-electron chi connectivity index (χ0n) is 7.79. The number of halogens is 1. The third-order valence-electron chi connectivity index (χ3n) is 1.93. The Balaban J connectivity index is 3.26. The maximum atomic E-state index is 13.2. The lowest BCUT2D eigenvalue weighted by atomic mass is 10.1. The number of allylic oxidation sites excluding steroid dienone is 1. The van der Waals surface area contributed by atoms with Crippen molar-refractivity contribution in [1.82, 2.24) is 0 Å². The van der Waals surface area contributed by atoms with Crippen LogP contribution in [-0.2, 0) is 6.42 Å². The van der Waals surface area contributed by atoms with Crippen molar-refractivity contribution in [2.75, 3.05) is 0 Å². The number of rotatable bonds is 3. The summed E-state index contributed by atoms with van der Waals surface area (Å²) >= 11 is 0. The lowest BCUT2D eigenvalue weighted by Gasteiger charge is -2.02. The van der Waals surface area contributed by atoms with Crippen molar-refractivity contribution in [2.24, 2.45) is 0 Å². The first-order valence-corrected chi connectivity index (χ1v) is 4.10. The molecule has 0 unspecified atom stereocenters. The number of nitro benzene ring substituents is 1. The molecule has 0 saturated heterocycles. The van der Waals surface area contributed by atoms with E-state index in [2.05, 4.69) is 6.58 Å². The molecule has 1 aromatic rings. The van der Waals surface area contributed by atoms with E-state index in [1.165, 1.54) is 25.1 Å². The van der Waals surface area contributed by atoms with E-state index in [1.807, 2.05) is 0 Å². The largest absolute Gasteiger partial charge is 0.272 e. The van der Waals surface area contributed by atoms with Crippen LogP contribution in [0.15, 0.2) is 24.8 Å². The van der Waals surface area contributed by atoms with Crippen LogP contribution in [0.1, 0.15) is 11.1 Å². The first-order chi connectivity index (χ1) is 6.56. The molecule has 1 rings (SSSR count). The number of hydrogen-bond acceptors (Lipinski definition) is 2. The first kappa shape index (κ1) is 10.4. The van der Waals surface area contributed by atoms with Gasteiger partial charge in [0.25, 0.3) is 5.69 Å². The molecule has 0 aromatic heterocycles. The summed E-state index contributed by atoms with van der Waals surface area (Å²) in [7, 11) is 0. The molecule has 0 aliphatic rings. The summed E-state index contributed by atoms with van der Waals surface area (Å²) < 4.78 is 13.2. The van der Waals surface area contributed by atoms with Gasteiger partial charge in [-0.05, 0) is 25.0 Å². The van der Waals surface area contributed by atoms with Crippen LogP contribution >= 0.6 is 0 Å². The zero-order chi connectivity index (χ0) is 10.7. The lowest BCUT2D eigenvalue weighted by Crippen LogP contribution is -1.96. The smallest absolute Gasteiger partial charge is 0.258 e. The van der Waals surface area contributed by atoms with Gasteiger partial charge in [-0.15, -0.1) is 6.58 Å². The average molecular weight is 195 g/mol. The van der Waals surface area contributed by atoms with Gasteiger partial charge in [-0.3, -0.25) is 10.1 Å². The maximum absolute atomic E-state index is 13.2. The fourth-order valence-electron chi connectivity index (χ4n) is 1.21. The van der Waals surface area contributed by atoms with Crippen molar-refractivity contribution < 1.29 is 9.31 Å². The molecule has 4 heteroatoms. The van der Waals surface area contributed by atoms with E-state index in [0.29, 0.717) is 17.5 Å². The average Bonchev–Trinajstić information content (AvgIpc) is 2.09. The molecule has 3 nitrogen and oxygen atoms in total. The molecule has 0 N–H and O–H groups in total. The van der Waals surface area contributed by atoms with Gasteiger partial charge in [0.15, 0.2) is 0 Å². The Kier molecular flexibility index (Phi) is 2.96. The van der Waals surface area contributed by atoms with Gasteiger partial charge in [0.1, 0.15) is 5.82 Å². The highest BCUT2D eigenvalue weighted by Gasteiger charge is 2.14. The second-order valence-electron chi connectivity index (χ2n) is 2.98. The van der Waals surface area contributed by atoms with Gasteiger partial charge >= 0.3 is 0 Å². The molecule has 74 valence electrons. The van der Waals surface area contributed by atoms with E-state index < -0.39 is 10.7 Å². The summed E-state index contributed by atoms with van der Waals surface area (Å²) in [6.07, 6.45) is 1.81. The highest BCUT2D eigenvalue weighted by molar-refractivity contribution is 5.43. The van der Waals surface area contributed by atoms with Gasteiger partial charge in [-0.25, -0.2) is 4.39 Å². The van der Waals surface area contributed by atoms with Gasteiger partial charge in [-0.2, -0.15) is 0 Å². The summed E-state index contributed by atoms with van der Waals surface area (Å²) in [5.41, 5.74) is 0.584. The van der Waals surface area contributed by atoms with Crippen LogP contribution in [0, 0.1) is 22.9 Å². The second kappa shape index (κ2) is 4.00. The van der Waals surface area contributed by atoms with Crippen LogP contribution < -0.4 is 0 Å². The Labute approximate surface area is 81.0 Å². The second-order valence-corrected chi connectivity index (χ2v) is 2.98.